The van der Waals surface area contributed by atoms with Gasteiger partial charge in [-0.25, -0.2) is 8.78 Å². The van der Waals surface area contributed by atoms with Crippen LogP contribution in [0.1, 0.15) is 18.9 Å². The van der Waals surface area contributed by atoms with Crippen LogP contribution < -0.4 is 4.90 Å². The van der Waals surface area contributed by atoms with E-state index in [9.17, 15) is 8.78 Å². The van der Waals surface area contributed by atoms with Gasteiger partial charge in [-0.15, -0.1) is 0 Å². The first-order valence-electron chi connectivity index (χ1n) is 5.91. The highest BCUT2D eigenvalue weighted by atomic mass is 19.1. The molecule has 1 unspecified atom stereocenters. The molecule has 1 aliphatic rings. The van der Waals surface area contributed by atoms with Crippen molar-refractivity contribution < 1.29 is 13.5 Å². The van der Waals surface area contributed by atoms with Gasteiger partial charge >= 0.3 is 0 Å². The number of ether oxygens (including phenoxy) is 1. The smallest absolute Gasteiger partial charge is 0.150 e. The summed E-state index contributed by atoms with van der Waals surface area (Å²) in [6.07, 6.45) is 0.795. The van der Waals surface area contributed by atoms with Crippen molar-refractivity contribution in [3.63, 3.8) is 0 Å². The lowest BCUT2D eigenvalue weighted by atomic mass is 10.1. The van der Waals surface area contributed by atoms with E-state index in [0.29, 0.717) is 19.7 Å². The third-order valence-electron chi connectivity index (χ3n) is 3.06. The third-order valence-corrected chi connectivity index (χ3v) is 3.06. The molecular weight excluding hydrogens is 238 g/mol. The third kappa shape index (κ3) is 2.44. The average Bonchev–Trinajstić information content (AvgIpc) is 2.38. The highest BCUT2D eigenvalue weighted by Gasteiger charge is 2.24. The molecule has 1 aromatic carbocycles. The second-order valence-corrected chi connectivity index (χ2v) is 4.25. The fraction of sp³-hybridized carbons (Fsp3) is 0.462. The Hall–Kier alpha value is -1.67. The van der Waals surface area contributed by atoms with E-state index in [0.717, 1.165) is 18.6 Å². The molecule has 1 saturated heterocycles. The lowest BCUT2D eigenvalue weighted by Gasteiger charge is -2.34. The Kier molecular flexibility index (Phi) is 3.78. The van der Waals surface area contributed by atoms with Crippen LogP contribution in [0.3, 0.4) is 0 Å². The van der Waals surface area contributed by atoms with Crippen LogP contribution in [0.4, 0.5) is 14.5 Å². The lowest BCUT2D eigenvalue weighted by molar-refractivity contribution is 0.0380. The lowest BCUT2D eigenvalue weighted by Crippen LogP contribution is -2.43. The van der Waals surface area contributed by atoms with Gasteiger partial charge in [-0.2, -0.15) is 5.26 Å². The zero-order chi connectivity index (χ0) is 13.1. The van der Waals surface area contributed by atoms with Crippen LogP contribution in [0.2, 0.25) is 0 Å². The molecular formula is C13H14F2N2O. The number of hydrogen-bond donors (Lipinski definition) is 0. The van der Waals surface area contributed by atoms with Crippen molar-refractivity contribution in [3.05, 3.63) is 29.3 Å². The van der Waals surface area contributed by atoms with Gasteiger partial charge in [-0.3, -0.25) is 0 Å². The second-order valence-electron chi connectivity index (χ2n) is 4.25. The van der Waals surface area contributed by atoms with Crippen molar-refractivity contribution in [2.45, 2.75) is 19.4 Å². The van der Waals surface area contributed by atoms with Crippen LogP contribution in [0.15, 0.2) is 12.1 Å². The number of halogens is 2. The summed E-state index contributed by atoms with van der Waals surface area (Å²) >= 11 is 0. The van der Waals surface area contributed by atoms with Crippen molar-refractivity contribution in [2.75, 3.05) is 24.6 Å². The average molecular weight is 252 g/mol. The molecule has 0 aliphatic carbocycles. The number of nitriles is 1. The van der Waals surface area contributed by atoms with E-state index in [1.807, 2.05) is 6.92 Å². The Morgan fingerprint density at radius 2 is 2.11 bits per heavy atom. The van der Waals surface area contributed by atoms with Gasteiger partial charge in [0.05, 0.1) is 24.3 Å². The van der Waals surface area contributed by atoms with Crippen molar-refractivity contribution in [3.8, 4) is 6.07 Å². The van der Waals surface area contributed by atoms with Gasteiger partial charge in [0.1, 0.15) is 5.69 Å². The first-order chi connectivity index (χ1) is 8.65. The van der Waals surface area contributed by atoms with Gasteiger partial charge in [-0.1, -0.05) is 6.92 Å². The molecule has 2 rings (SSSR count). The number of anilines is 1. The van der Waals surface area contributed by atoms with Crippen molar-refractivity contribution in [2.24, 2.45) is 0 Å². The van der Waals surface area contributed by atoms with Crippen LogP contribution >= 0.6 is 0 Å². The Morgan fingerprint density at radius 3 is 2.67 bits per heavy atom. The van der Waals surface area contributed by atoms with Crippen molar-refractivity contribution >= 4 is 5.69 Å². The molecule has 0 N–H and O–H groups in total. The van der Waals surface area contributed by atoms with Gasteiger partial charge in [0, 0.05) is 13.1 Å². The SMILES string of the molecule is CCC1CN(c2c(F)cc(C#N)cc2F)CCO1. The van der Waals surface area contributed by atoms with E-state index in [1.54, 1.807) is 11.0 Å². The molecule has 0 saturated carbocycles. The van der Waals surface area contributed by atoms with Crippen LogP contribution in [-0.4, -0.2) is 25.8 Å². The van der Waals surface area contributed by atoms with Gasteiger partial charge in [0.25, 0.3) is 0 Å². The highest BCUT2D eigenvalue weighted by molar-refractivity contribution is 5.53. The monoisotopic (exact) mass is 252 g/mol. The minimum atomic E-state index is -0.691. The van der Waals surface area contributed by atoms with Crippen LogP contribution in [0.25, 0.3) is 0 Å². The molecule has 1 heterocycles. The van der Waals surface area contributed by atoms with Crippen LogP contribution in [0.5, 0.6) is 0 Å². The van der Waals surface area contributed by atoms with Crippen molar-refractivity contribution in [1.82, 2.24) is 0 Å². The zero-order valence-electron chi connectivity index (χ0n) is 10.1. The molecule has 0 radical (unpaired) electrons. The standard InChI is InChI=1S/C13H14F2N2O/c1-2-10-8-17(3-4-18-10)13-11(14)5-9(7-16)6-12(13)15/h5-6,10H,2-4,8H2,1H3. The summed E-state index contributed by atoms with van der Waals surface area (Å²) in [5.41, 5.74) is -0.0650. The summed E-state index contributed by atoms with van der Waals surface area (Å²) in [4.78, 5) is 1.64. The maximum Gasteiger partial charge on any atom is 0.150 e. The molecule has 5 heteroatoms. The molecule has 0 spiro atoms. The van der Waals surface area contributed by atoms with E-state index >= 15 is 0 Å². The Balaban J connectivity index is 2.30. The summed E-state index contributed by atoms with van der Waals surface area (Å²) in [5.74, 6) is -1.38. The van der Waals surface area contributed by atoms with Gasteiger partial charge in [0.2, 0.25) is 0 Å². The predicted molar refractivity (Wildman–Crippen MR) is 63.3 cm³/mol. The first-order valence-corrected chi connectivity index (χ1v) is 5.91. The van der Waals surface area contributed by atoms with Gasteiger partial charge < -0.3 is 9.64 Å². The first kappa shape index (κ1) is 12.8. The maximum absolute atomic E-state index is 13.8. The number of morpholine rings is 1. The Bertz CT molecular complexity index is 461. The van der Waals surface area contributed by atoms with Crippen LogP contribution in [-0.2, 0) is 4.74 Å². The fourth-order valence-electron chi connectivity index (χ4n) is 2.10. The quantitative estimate of drug-likeness (QED) is 0.811. The molecule has 0 aromatic heterocycles. The highest BCUT2D eigenvalue weighted by Crippen LogP contribution is 2.26. The number of nitrogens with zero attached hydrogens (tertiary/aromatic N) is 2. The molecule has 3 nitrogen and oxygen atoms in total. The van der Waals surface area contributed by atoms with Crippen molar-refractivity contribution in [1.29, 1.82) is 5.26 Å². The van der Waals surface area contributed by atoms with Gasteiger partial charge in [0.15, 0.2) is 11.6 Å². The maximum atomic E-state index is 13.8. The Labute approximate surface area is 105 Å². The normalized spacial score (nSPS) is 19.7. The predicted octanol–water partition coefficient (Wildman–Crippen LogP) is 2.45. The molecule has 1 fully saturated rings. The molecule has 96 valence electrons. The van der Waals surface area contributed by atoms with E-state index in [1.165, 1.54) is 0 Å². The summed E-state index contributed by atoms with van der Waals surface area (Å²) in [7, 11) is 0. The largest absolute Gasteiger partial charge is 0.375 e. The number of rotatable bonds is 2. The summed E-state index contributed by atoms with van der Waals surface area (Å²) in [5, 5.41) is 8.65. The minimum Gasteiger partial charge on any atom is -0.375 e. The molecule has 18 heavy (non-hydrogen) atoms. The molecule has 0 amide bonds. The summed E-state index contributed by atoms with van der Waals surface area (Å²) in [6.45, 7) is 3.35. The summed E-state index contributed by atoms with van der Waals surface area (Å²) < 4.78 is 33.1. The van der Waals surface area contributed by atoms with E-state index < -0.39 is 11.6 Å². The topological polar surface area (TPSA) is 36.3 Å². The molecule has 1 aromatic rings. The minimum absolute atomic E-state index is 0.00551. The molecule has 1 aliphatic heterocycles. The second kappa shape index (κ2) is 5.32. The van der Waals surface area contributed by atoms with Crippen LogP contribution in [0, 0.1) is 23.0 Å². The van der Waals surface area contributed by atoms with E-state index in [-0.39, 0.29) is 17.4 Å². The number of hydrogen-bond acceptors (Lipinski definition) is 3. The fourth-order valence-corrected chi connectivity index (χ4v) is 2.10. The summed E-state index contributed by atoms with van der Waals surface area (Å²) in [6, 6.07) is 3.86. The van der Waals surface area contributed by atoms with E-state index in [4.69, 9.17) is 10.00 Å². The molecule has 1 atom stereocenters. The van der Waals surface area contributed by atoms with E-state index in [2.05, 4.69) is 0 Å². The Morgan fingerprint density at radius 1 is 1.44 bits per heavy atom. The van der Waals surface area contributed by atoms with Gasteiger partial charge in [-0.05, 0) is 18.6 Å². The number of benzene rings is 1. The zero-order valence-corrected chi connectivity index (χ0v) is 10.1. The molecule has 0 bridgehead atoms.